The molecule has 4 nitrogen and oxygen atoms in total. The second-order valence-electron chi connectivity index (χ2n) is 5.24. The van der Waals surface area contributed by atoms with E-state index in [1.165, 1.54) is 0 Å². The number of nitrogens with zero attached hydrogens (tertiary/aromatic N) is 1. The molecular weight excluding hydrogens is 230 g/mol. The summed E-state index contributed by atoms with van der Waals surface area (Å²) in [5, 5.41) is 8.70. The molecule has 2 rings (SSSR count). The van der Waals surface area contributed by atoms with Crippen molar-refractivity contribution >= 4 is 5.97 Å². The summed E-state index contributed by atoms with van der Waals surface area (Å²) in [4.78, 5) is 11.7. The fourth-order valence-corrected chi connectivity index (χ4v) is 1.65. The lowest BCUT2D eigenvalue weighted by Crippen LogP contribution is -2.26. The number of carbonyl (C=O) groups is 1. The van der Waals surface area contributed by atoms with E-state index in [1.54, 1.807) is 24.3 Å². The van der Waals surface area contributed by atoms with Gasteiger partial charge >= 0.3 is 5.97 Å². The van der Waals surface area contributed by atoms with E-state index in [1.807, 2.05) is 26.8 Å². The van der Waals surface area contributed by atoms with Crippen LogP contribution in [0.3, 0.4) is 0 Å². The predicted octanol–water partition coefficient (Wildman–Crippen LogP) is 2.34. The molecule has 1 heterocycles. The molecule has 2 unspecified atom stereocenters. The summed E-state index contributed by atoms with van der Waals surface area (Å²) < 4.78 is 10.6. The van der Waals surface area contributed by atoms with Crippen molar-refractivity contribution in [3.63, 3.8) is 0 Å². The number of nitriles is 1. The lowest BCUT2D eigenvalue weighted by atomic mass is 10.1. The van der Waals surface area contributed by atoms with Gasteiger partial charge in [-0.3, -0.25) is 0 Å². The van der Waals surface area contributed by atoms with Gasteiger partial charge in [-0.15, -0.1) is 0 Å². The first-order valence-corrected chi connectivity index (χ1v) is 5.79. The van der Waals surface area contributed by atoms with Crippen LogP contribution in [0.5, 0.6) is 0 Å². The molecule has 4 heteroatoms. The maximum absolute atomic E-state index is 11.7. The number of carbonyl (C=O) groups excluding carboxylic acids is 1. The van der Waals surface area contributed by atoms with Gasteiger partial charge in [0.05, 0.1) is 11.6 Å². The minimum absolute atomic E-state index is 0.243. The minimum Gasteiger partial charge on any atom is -0.458 e. The van der Waals surface area contributed by atoms with Crippen molar-refractivity contribution in [3.8, 4) is 6.07 Å². The predicted molar refractivity (Wildman–Crippen MR) is 64.6 cm³/mol. The van der Waals surface area contributed by atoms with Gasteiger partial charge in [-0.05, 0) is 38.5 Å². The lowest BCUT2D eigenvalue weighted by Gasteiger charge is -2.18. The Morgan fingerprint density at radius 3 is 2.44 bits per heavy atom. The van der Waals surface area contributed by atoms with E-state index >= 15 is 0 Å². The number of benzene rings is 1. The highest BCUT2D eigenvalue weighted by Gasteiger charge is 2.48. The van der Waals surface area contributed by atoms with E-state index in [0.29, 0.717) is 5.56 Å². The number of esters is 1. The lowest BCUT2D eigenvalue weighted by molar-refractivity contribution is -0.156. The molecule has 18 heavy (non-hydrogen) atoms. The molecule has 0 aromatic heterocycles. The van der Waals surface area contributed by atoms with Crippen LogP contribution in [0, 0.1) is 11.3 Å². The second kappa shape index (κ2) is 4.43. The Morgan fingerprint density at radius 1 is 1.33 bits per heavy atom. The summed E-state index contributed by atoms with van der Waals surface area (Å²) in [6.07, 6.45) is -0.759. The first-order chi connectivity index (χ1) is 8.40. The molecule has 0 amide bonds. The third-order valence-corrected chi connectivity index (χ3v) is 2.50. The number of hydrogen-bond donors (Lipinski definition) is 0. The Bertz CT molecular complexity index is 493. The van der Waals surface area contributed by atoms with Gasteiger partial charge in [0.15, 0.2) is 6.10 Å². The van der Waals surface area contributed by atoms with Crippen LogP contribution >= 0.6 is 0 Å². The first kappa shape index (κ1) is 12.6. The Labute approximate surface area is 106 Å². The van der Waals surface area contributed by atoms with Crippen molar-refractivity contribution in [1.29, 1.82) is 5.26 Å². The highest BCUT2D eigenvalue weighted by Crippen LogP contribution is 2.40. The first-order valence-electron chi connectivity index (χ1n) is 5.79. The van der Waals surface area contributed by atoms with Crippen molar-refractivity contribution < 1.29 is 14.3 Å². The fourth-order valence-electron chi connectivity index (χ4n) is 1.65. The largest absolute Gasteiger partial charge is 0.458 e. The zero-order valence-electron chi connectivity index (χ0n) is 10.6. The monoisotopic (exact) mass is 245 g/mol. The summed E-state index contributed by atoms with van der Waals surface area (Å²) >= 11 is 0. The number of epoxide rings is 1. The van der Waals surface area contributed by atoms with Gasteiger partial charge in [-0.25, -0.2) is 4.79 Å². The van der Waals surface area contributed by atoms with E-state index in [4.69, 9.17) is 14.7 Å². The zero-order chi connectivity index (χ0) is 13.3. The normalized spacial score (nSPS) is 22.1. The van der Waals surface area contributed by atoms with Gasteiger partial charge in [0.1, 0.15) is 11.7 Å². The average Bonchev–Trinajstić information content (AvgIpc) is 3.07. The van der Waals surface area contributed by atoms with Crippen LogP contribution in [0.4, 0.5) is 0 Å². The fraction of sp³-hybridized carbons (Fsp3) is 0.429. The topological polar surface area (TPSA) is 62.6 Å². The molecule has 0 saturated carbocycles. The van der Waals surface area contributed by atoms with E-state index in [9.17, 15) is 4.79 Å². The van der Waals surface area contributed by atoms with E-state index in [2.05, 4.69) is 0 Å². The molecule has 2 atom stereocenters. The molecule has 1 fully saturated rings. The van der Waals surface area contributed by atoms with Crippen molar-refractivity contribution in [3.05, 3.63) is 35.4 Å². The molecule has 1 saturated heterocycles. The van der Waals surface area contributed by atoms with Crippen molar-refractivity contribution in [2.45, 2.75) is 38.6 Å². The van der Waals surface area contributed by atoms with Crippen LogP contribution in [0.1, 0.15) is 38.0 Å². The van der Waals surface area contributed by atoms with Crippen LogP contribution in [0.2, 0.25) is 0 Å². The molecule has 0 bridgehead atoms. The van der Waals surface area contributed by atoms with E-state index < -0.39 is 11.7 Å². The maximum atomic E-state index is 11.7. The Kier molecular flexibility index (Phi) is 3.10. The SMILES string of the molecule is CC(C)(C)OC(=O)C1OC1c1ccc(C#N)cc1. The molecule has 0 spiro atoms. The standard InChI is InChI=1S/C14H15NO3/c1-14(2,3)18-13(16)12-11(17-12)10-6-4-9(8-15)5-7-10/h4-7,11-12H,1-3H3. The van der Waals surface area contributed by atoms with Crippen LogP contribution in [0.15, 0.2) is 24.3 Å². The van der Waals surface area contributed by atoms with Gasteiger partial charge in [0, 0.05) is 0 Å². The minimum atomic E-state index is -0.517. The molecule has 1 aromatic carbocycles. The summed E-state index contributed by atoms with van der Waals surface area (Å²) in [5.41, 5.74) is 0.983. The zero-order valence-corrected chi connectivity index (χ0v) is 10.6. The van der Waals surface area contributed by atoms with Crippen LogP contribution in [-0.2, 0) is 14.3 Å². The van der Waals surface area contributed by atoms with Crippen LogP contribution < -0.4 is 0 Å². The van der Waals surface area contributed by atoms with Crippen molar-refractivity contribution in [2.24, 2.45) is 0 Å². The molecule has 1 aromatic rings. The van der Waals surface area contributed by atoms with Gasteiger partial charge in [0.25, 0.3) is 0 Å². The molecule has 0 N–H and O–H groups in total. The van der Waals surface area contributed by atoms with E-state index in [0.717, 1.165) is 5.56 Å². The van der Waals surface area contributed by atoms with Gasteiger partial charge in [-0.2, -0.15) is 5.26 Å². The van der Waals surface area contributed by atoms with Gasteiger partial charge in [0.2, 0.25) is 0 Å². The summed E-state index contributed by atoms with van der Waals surface area (Å²) in [6.45, 7) is 5.47. The van der Waals surface area contributed by atoms with Crippen LogP contribution in [0.25, 0.3) is 0 Å². The van der Waals surface area contributed by atoms with Gasteiger partial charge in [-0.1, -0.05) is 12.1 Å². The molecule has 1 aliphatic heterocycles. The summed E-state index contributed by atoms with van der Waals surface area (Å²) in [7, 11) is 0. The van der Waals surface area contributed by atoms with Crippen molar-refractivity contribution in [2.75, 3.05) is 0 Å². The van der Waals surface area contributed by atoms with Gasteiger partial charge < -0.3 is 9.47 Å². The number of hydrogen-bond acceptors (Lipinski definition) is 4. The Morgan fingerprint density at radius 2 is 1.94 bits per heavy atom. The third-order valence-electron chi connectivity index (χ3n) is 2.50. The smallest absolute Gasteiger partial charge is 0.338 e. The summed E-state index contributed by atoms with van der Waals surface area (Å²) in [6, 6.07) is 9.07. The molecular formula is C14H15NO3. The number of ether oxygens (including phenoxy) is 2. The molecule has 94 valence electrons. The molecule has 0 aliphatic carbocycles. The average molecular weight is 245 g/mol. The number of rotatable bonds is 2. The van der Waals surface area contributed by atoms with Crippen molar-refractivity contribution in [1.82, 2.24) is 0 Å². The van der Waals surface area contributed by atoms with Crippen LogP contribution in [-0.4, -0.2) is 17.7 Å². The molecule has 1 aliphatic rings. The quantitative estimate of drug-likeness (QED) is 0.592. The highest BCUT2D eigenvalue weighted by atomic mass is 16.6. The van der Waals surface area contributed by atoms with E-state index in [-0.39, 0.29) is 12.1 Å². The highest BCUT2D eigenvalue weighted by molar-refractivity contribution is 5.78. The third kappa shape index (κ3) is 2.88. The Hall–Kier alpha value is -1.86. The Balaban J connectivity index is 1.98. The maximum Gasteiger partial charge on any atom is 0.338 e. The summed E-state index contributed by atoms with van der Waals surface area (Å²) in [5.74, 6) is -0.336. The molecule has 0 radical (unpaired) electrons. The second-order valence-corrected chi connectivity index (χ2v) is 5.24.